The maximum atomic E-state index is 12.2. The quantitative estimate of drug-likeness (QED) is 0.0684. The number of hydrogen-bond donors (Lipinski definition) is 6. The van der Waals surface area contributed by atoms with Crippen LogP contribution in [-0.4, -0.2) is 143 Å². The lowest BCUT2D eigenvalue weighted by molar-refractivity contribution is -0.139. The van der Waals surface area contributed by atoms with Gasteiger partial charge in [0.1, 0.15) is 0 Å². The minimum Gasteiger partial charge on any atom is -0.481 e. The van der Waals surface area contributed by atoms with Crippen LogP contribution in [0.2, 0.25) is 0 Å². The Morgan fingerprint density at radius 2 is 0.800 bits per heavy atom. The smallest absolute Gasteiger partial charge is 0.304 e. The van der Waals surface area contributed by atoms with Crippen LogP contribution in [0.3, 0.4) is 0 Å². The van der Waals surface area contributed by atoms with E-state index >= 15 is 0 Å². The molecule has 0 radical (unpaired) electrons. The molecule has 0 heterocycles. The lowest BCUT2D eigenvalue weighted by Crippen LogP contribution is -2.39. The molecule has 0 aliphatic rings. The fourth-order valence-electron chi connectivity index (χ4n) is 3.49. The Morgan fingerprint density at radius 1 is 0.500 bits per heavy atom. The van der Waals surface area contributed by atoms with Gasteiger partial charge in [-0.3, -0.25) is 33.7 Å². The zero-order chi connectivity index (χ0) is 30.3. The molecular weight excluding hydrogens is 530 g/mol. The molecule has 0 aliphatic heterocycles. The van der Waals surface area contributed by atoms with E-state index < -0.39 is 23.9 Å². The summed E-state index contributed by atoms with van der Waals surface area (Å²) < 4.78 is 0. The van der Waals surface area contributed by atoms with E-state index in [0.717, 1.165) is 0 Å². The maximum absolute atomic E-state index is 12.2. The van der Waals surface area contributed by atoms with Gasteiger partial charge in [-0.2, -0.15) is 0 Å². The number of aliphatic carboxylic acids is 4. The molecule has 0 bridgehead atoms. The molecule has 0 aromatic heterocycles. The summed E-state index contributed by atoms with van der Waals surface area (Å²) in [5.41, 5.74) is 0. The van der Waals surface area contributed by atoms with Gasteiger partial charge in [0, 0.05) is 78.3 Å². The predicted octanol–water partition coefficient (Wildman–Crippen LogP) is -1.56. The minimum atomic E-state index is -1.000. The second kappa shape index (κ2) is 22.1. The molecule has 0 rings (SSSR count). The second-order valence-electron chi connectivity index (χ2n) is 8.94. The van der Waals surface area contributed by atoms with Crippen molar-refractivity contribution in [2.75, 3.05) is 72.0 Å². The highest BCUT2D eigenvalue weighted by Gasteiger charge is 2.14. The monoisotopic (exact) mass is 571 g/mol. The molecule has 0 saturated carbocycles. The summed E-state index contributed by atoms with van der Waals surface area (Å²) in [5, 5.41) is 40.8. The second-order valence-corrected chi connectivity index (χ2v) is 8.94. The molecule has 0 saturated heterocycles. The number of carbonyl (C=O) groups excluding carboxylic acids is 2. The standard InChI is InChI=1S/C25H41N5O10/c1-2-11-28(12-3-20(31)26-9-18-29(14-5-22(33)34)15-6-23(35)36)13-4-21(32)27-10-19-30(16-7-24(37)38)17-8-25(39)40/h1H,3-19H2,(H,26,31)(H,27,32)(H,33,34)(H,35,36)(H,37,38)(H,39,40). The van der Waals surface area contributed by atoms with Crippen LogP contribution in [0.25, 0.3) is 0 Å². The Labute approximate surface area is 233 Å². The Kier molecular flexibility index (Phi) is 20.0. The third kappa shape index (κ3) is 22.3. The fourth-order valence-corrected chi connectivity index (χ4v) is 3.49. The number of nitrogens with one attached hydrogen (secondary N) is 2. The molecule has 40 heavy (non-hydrogen) atoms. The van der Waals surface area contributed by atoms with Gasteiger partial charge in [-0.05, 0) is 0 Å². The van der Waals surface area contributed by atoms with Crippen molar-refractivity contribution < 1.29 is 49.2 Å². The van der Waals surface area contributed by atoms with Crippen LogP contribution in [0.5, 0.6) is 0 Å². The average Bonchev–Trinajstić information content (AvgIpc) is 2.87. The van der Waals surface area contributed by atoms with Crippen LogP contribution >= 0.6 is 0 Å². The van der Waals surface area contributed by atoms with E-state index in [0.29, 0.717) is 26.2 Å². The first-order valence-electron chi connectivity index (χ1n) is 12.9. The van der Waals surface area contributed by atoms with Crippen molar-refractivity contribution in [3.8, 4) is 12.3 Å². The van der Waals surface area contributed by atoms with E-state index in [-0.39, 0.29) is 96.2 Å². The molecule has 0 aromatic rings. The number of rotatable bonds is 25. The van der Waals surface area contributed by atoms with Gasteiger partial charge in [0.2, 0.25) is 11.8 Å². The summed E-state index contributed by atoms with van der Waals surface area (Å²) in [6, 6.07) is 0. The summed E-state index contributed by atoms with van der Waals surface area (Å²) >= 11 is 0. The van der Waals surface area contributed by atoms with Gasteiger partial charge in [-0.1, -0.05) is 5.92 Å². The largest absolute Gasteiger partial charge is 0.481 e. The van der Waals surface area contributed by atoms with E-state index in [4.69, 9.17) is 26.8 Å². The van der Waals surface area contributed by atoms with Gasteiger partial charge in [0.05, 0.1) is 32.2 Å². The summed E-state index contributed by atoms with van der Waals surface area (Å²) in [4.78, 5) is 72.7. The summed E-state index contributed by atoms with van der Waals surface area (Å²) in [5.74, 6) is -2.06. The molecule has 2 amide bonds. The van der Waals surface area contributed by atoms with Crippen LogP contribution in [0.4, 0.5) is 0 Å². The zero-order valence-corrected chi connectivity index (χ0v) is 22.7. The Hall–Kier alpha value is -3.74. The van der Waals surface area contributed by atoms with Gasteiger partial charge >= 0.3 is 23.9 Å². The molecule has 0 aromatic carbocycles. The van der Waals surface area contributed by atoms with E-state index in [1.807, 2.05) is 0 Å². The highest BCUT2D eigenvalue weighted by Crippen LogP contribution is 1.98. The van der Waals surface area contributed by atoms with Crippen molar-refractivity contribution in [2.45, 2.75) is 38.5 Å². The molecule has 0 spiro atoms. The first-order valence-corrected chi connectivity index (χ1v) is 12.9. The van der Waals surface area contributed by atoms with Crippen LogP contribution in [0, 0.1) is 12.3 Å². The fraction of sp³-hybridized carbons (Fsp3) is 0.680. The Balaban J connectivity index is 4.44. The van der Waals surface area contributed by atoms with E-state index in [1.54, 1.807) is 14.7 Å². The van der Waals surface area contributed by atoms with Crippen molar-refractivity contribution in [2.24, 2.45) is 0 Å². The Morgan fingerprint density at radius 3 is 1.07 bits per heavy atom. The SMILES string of the molecule is C#CCN(CCC(=O)NCCN(CCC(=O)O)CCC(=O)O)CCC(=O)NCCN(CCC(=O)O)CCC(=O)O. The first-order chi connectivity index (χ1) is 18.9. The molecule has 226 valence electrons. The predicted molar refractivity (Wildman–Crippen MR) is 142 cm³/mol. The van der Waals surface area contributed by atoms with Crippen molar-refractivity contribution >= 4 is 35.7 Å². The van der Waals surface area contributed by atoms with Gasteiger partial charge in [-0.25, -0.2) is 0 Å². The number of carboxylic acid groups (broad SMARTS) is 4. The van der Waals surface area contributed by atoms with Gasteiger partial charge in [-0.15, -0.1) is 6.42 Å². The summed E-state index contributed by atoms with van der Waals surface area (Å²) in [7, 11) is 0. The van der Waals surface area contributed by atoms with Gasteiger partial charge < -0.3 is 40.9 Å². The average molecular weight is 572 g/mol. The lowest BCUT2D eigenvalue weighted by atomic mass is 10.3. The van der Waals surface area contributed by atoms with E-state index in [2.05, 4.69) is 16.6 Å². The Bertz CT molecular complexity index is 779. The van der Waals surface area contributed by atoms with Crippen molar-refractivity contribution in [1.29, 1.82) is 0 Å². The molecule has 6 N–H and O–H groups in total. The zero-order valence-electron chi connectivity index (χ0n) is 22.7. The number of amides is 2. The molecule has 15 nitrogen and oxygen atoms in total. The van der Waals surface area contributed by atoms with Crippen LogP contribution in [-0.2, 0) is 28.8 Å². The first kappa shape index (κ1) is 36.3. The number of carboxylic acids is 4. The number of nitrogens with zero attached hydrogens (tertiary/aromatic N) is 3. The van der Waals surface area contributed by atoms with E-state index in [1.165, 1.54) is 0 Å². The molecule has 0 fully saturated rings. The third-order valence-electron chi connectivity index (χ3n) is 5.69. The highest BCUT2D eigenvalue weighted by atomic mass is 16.4. The summed E-state index contributed by atoms with van der Waals surface area (Å²) in [6.07, 6.45) is 5.04. The van der Waals surface area contributed by atoms with Crippen molar-refractivity contribution in [3.63, 3.8) is 0 Å². The highest BCUT2D eigenvalue weighted by molar-refractivity contribution is 5.76. The van der Waals surface area contributed by atoms with Crippen LogP contribution in [0.15, 0.2) is 0 Å². The molecule has 0 unspecified atom stereocenters. The molecule has 0 aliphatic carbocycles. The lowest BCUT2D eigenvalue weighted by Gasteiger charge is -2.22. The maximum Gasteiger partial charge on any atom is 0.304 e. The third-order valence-corrected chi connectivity index (χ3v) is 5.69. The van der Waals surface area contributed by atoms with Crippen molar-refractivity contribution in [3.05, 3.63) is 0 Å². The van der Waals surface area contributed by atoms with E-state index in [9.17, 15) is 28.8 Å². The summed E-state index contributed by atoms with van der Waals surface area (Å²) in [6.45, 7) is 2.49. The number of hydrogen-bond acceptors (Lipinski definition) is 9. The number of terminal acetylenes is 1. The molecule has 15 heteroatoms. The molecular formula is C25H41N5O10. The van der Waals surface area contributed by atoms with Gasteiger partial charge in [0.25, 0.3) is 0 Å². The van der Waals surface area contributed by atoms with Crippen molar-refractivity contribution in [1.82, 2.24) is 25.3 Å². The van der Waals surface area contributed by atoms with Crippen LogP contribution in [0.1, 0.15) is 38.5 Å². The van der Waals surface area contributed by atoms with Gasteiger partial charge in [0.15, 0.2) is 0 Å². The number of carbonyl (C=O) groups is 6. The normalized spacial score (nSPS) is 10.8. The minimum absolute atomic E-state index is 0.107. The van der Waals surface area contributed by atoms with Crippen LogP contribution < -0.4 is 10.6 Å². The topological polar surface area (TPSA) is 217 Å². The molecule has 0 atom stereocenters.